The molecule has 0 bridgehead atoms. The number of urea groups is 1. The molecule has 8 heteroatoms. The number of amides is 3. The van der Waals surface area contributed by atoms with Crippen LogP contribution in [0.25, 0.3) is 0 Å². The zero-order chi connectivity index (χ0) is 17.0. The van der Waals surface area contributed by atoms with Gasteiger partial charge in [-0.15, -0.1) is 0 Å². The number of anilines is 1. The first-order valence-electron chi connectivity index (χ1n) is 6.50. The maximum atomic E-state index is 12.4. The van der Waals surface area contributed by atoms with E-state index in [1.807, 2.05) is 0 Å². The van der Waals surface area contributed by atoms with Crippen LogP contribution in [0.3, 0.4) is 0 Å². The van der Waals surface area contributed by atoms with Gasteiger partial charge in [0.1, 0.15) is 0 Å². The maximum absolute atomic E-state index is 12.4. The molecule has 0 spiro atoms. The van der Waals surface area contributed by atoms with Crippen LogP contribution < -0.4 is 16.0 Å². The number of hydrogen-bond donors (Lipinski definition) is 3. The van der Waals surface area contributed by atoms with Crippen LogP contribution in [-0.2, 0) is 11.0 Å². The molecule has 0 radical (unpaired) electrons. The quantitative estimate of drug-likeness (QED) is 0.803. The van der Waals surface area contributed by atoms with Crippen molar-refractivity contribution in [3.05, 3.63) is 29.8 Å². The maximum Gasteiger partial charge on any atom is 0.416 e. The van der Waals surface area contributed by atoms with E-state index in [-0.39, 0.29) is 6.54 Å². The van der Waals surface area contributed by atoms with Crippen molar-refractivity contribution in [2.75, 3.05) is 11.9 Å². The molecule has 0 fully saturated rings. The highest BCUT2D eigenvalue weighted by molar-refractivity contribution is 5.96. The van der Waals surface area contributed by atoms with Crippen molar-refractivity contribution in [3.63, 3.8) is 0 Å². The molecule has 0 saturated heterocycles. The van der Waals surface area contributed by atoms with Crippen LogP contribution >= 0.6 is 0 Å². The molecular formula is C14H18F3N3O2. The summed E-state index contributed by atoms with van der Waals surface area (Å²) in [6.07, 6.45) is -4.40. The number of rotatable bonds is 3. The highest BCUT2D eigenvalue weighted by Gasteiger charge is 2.29. The lowest BCUT2D eigenvalue weighted by atomic mass is 10.1. The Kier molecular flexibility index (Phi) is 5.40. The summed E-state index contributed by atoms with van der Waals surface area (Å²) >= 11 is 0. The largest absolute Gasteiger partial charge is 0.416 e. The number of halogens is 3. The minimum atomic E-state index is -4.40. The van der Waals surface area contributed by atoms with Crippen molar-refractivity contribution in [3.8, 4) is 0 Å². The summed E-state index contributed by atoms with van der Waals surface area (Å²) in [5.41, 5.74) is -0.906. The van der Waals surface area contributed by atoms with Crippen molar-refractivity contribution < 1.29 is 22.8 Å². The molecular weight excluding hydrogens is 299 g/mol. The van der Waals surface area contributed by atoms with Gasteiger partial charge in [0, 0.05) is 11.2 Å². The van der Waals surface area contributed by atoms with Crippen molar-refractivity contribution in [1.82, 2.24) is 10.6 Å². The molecule has 0 aliphatic rings. The first-order chi connectivity index (χ1) is 9.97. The fourth-order valence-electron chi connectivity index (χ4n) is 1.50. The Hall–Kier alpha value is -2.25. The van der Waals surface area contributed by atoms with Gasteiger partial charge in [0.05, 0.1) is 12.1 Å². The average Bonchev–Trinajstić information content (AvgIpc) is 2.33. The van der Waals surface area contributed by atoms with Crippen molar-refractivity contribution in [1.29, 1.82) is 0 Å². The predicted octanol–water partition coefficient (Wildman–Crippen LogP) is 2.74. The lowest BCUT2D eigenvalue weighted by Crippen LogP contribution is -2.49. The van der Waals surface area contributed by atoms with E-state index >= 15 is 0 Å². The Morgan fingerprint density at radius 1 is 1.05 bits per heavy atom. The molecule has 1 aromatic carbocycles. The number of hydrogen-bond acceptors (Lipinski definition) is 3. The first-order valence-corrected chi connectivity index (χ1v) is 6.50. The van der Waals surface area contributed by atoms with E-state index in [1.165, 1.54) is 12.1 Å². The third kappa shape index (κ3) is 6.47. The monoisotopic (exact) mass is 317 g/mol. The van der Waals surface area contributed by atoms with Crippen LogP contribution in [0.15, 0.2) is 24.3 Å². The molecule has 0 unspecified atom stereocenters. The van der Waals surface area contributed by atoms with E-state index in [0.717, 1.165) is 12.1 Å². The second kappa shape index (κ2) is 6.67. The van der Waals surface area contributed by atoms with E-state index in [2.05, 4.69) is 16.0 Å². The zero-order valence-electron chi connectivity index (χ0n) is 12.5. The summed E-state index contributed by atoms with van der Waals surface area (Å²) in [4.78, 5) is 23.0. The topological polar surface area (TPSA) is 70.2 Å². The first kappa shape index (κ1) is 17.8. The van der Waals surface area contributed by atoms with E-state index in [4.69, 9.17) is 0 Å². The molecule has 3 amide bonds. The summed E-state index contributed by atoms with van der Waals surface area (Å²) in [5.74, 6) is -0.596. The van der Waals surface area contributed by atoms with Crippen LogP contribution in [0, 0.1) is 0 Å². The highest BCUT2D eigenvalue weighted by atomic mass is 19.4. The minimum Gasteiger partial charge on any atom is -0.376 e. The Balaban J connectivity index is 2.46. The zero-order valence-corrected chi connectivity index (χ0v) is 12.5. The Labute approximate surface area is 126 Å². The third-order valence-electron chi connectivity index (χ3n) is 2.41. The van der Waals surface area contributed by atoms with Gasteiger partial charge in [-0.3, -0.25) is 10.1 Å². The molecule has 1 rings (SSSR count). The second-order valence-corrected chi connectivity index (χ2v) is 5.68. The van der Waals surface area contributed by atoms with Gasteiger partial charge < -0.3 is 10.6 Å². The van der Waals surface area contributed by atoms with Gasteiger partial charge in [0.15, 0.2) is 0 Å². The van der Waals surface area contributed by atoms with Crippen LogP contribution in [0.1, 0.15) is 26.3 Å². The van der Waals surface area contributed by atoms with Gasteiger partial charge in [0.2, 0.25) is 5.91 Å². The summed E-state index contributed by atoms with van der Waals surface area (Å²) in [6.45, 7) is 5.05. The number of nitrogens with one attached hydrogen (secondary N) is 3. The van der Waals surface area contributed by atoms with Crippen molar-refractivity contribution in [2.24, 2.45) is 0 Å². The molecule has 1 aromatic rings. The van der Waals surface area contributed by atoms with E-state index < -0.39 is 29.2 Å². The molecule has 0 aromatic heterocycles. The molecule has 0 aliphatic heterocycles. The van der Waals surface area contributed by atoms with Crippen LogP contribution in [-0.4, -0.2) is 24.0 Å². The second-order valence-electron chi connectivity index (χ2n) is 5.68. The van der Waals surface area contributed by atoms with Crippen molar-refractivity contribution >= 4 is 17.6 Å². The van der Waals surface area contributed by atoms with Gasteiger partial charge in [-0.05, 0) is 45.0 Å². The van der Waals surface area contributed by atoms with E-state index in [1.54, 1.807) is 20.8 Å². The Morgan fingerprint density at radius 2 is 1.59 bits per heavy atom. The average molecular weight is 317 g/mol. The summed E-state index contributed by atoms with van der Waals surface area (Å²) in [5, 5.41) is 7.29. The standard InChI is InChI=1S/C14H18F3N3O2/c1-13(2,3)20-12(22)19-11(21)8-18-10-6-4-9(5-7-10)14(15,16)17/h4-7,18H,8H2,1-3H3,(H2,19,20,21,22). The van der Waals surface area contributed by atoms with Crippen LogP contribution in [0.5, 0.6) is 0 Å². The summed E-state index contributed by atoms with van der Waals surface area (Å²) in [6, 6.07) is 3.61. The summed E-state index contributed by atoms with van der Waals surface area (Å²) < 4.78 is 37.2. The van der Waals surface area contributed by atoms with Gasteiger partial charge in [-0.1, -0.05) is 0 Å². The fourth-order valence-corrected chi connectivity index (χ4v) is 1.50. The number of imide groups is 1. The smallest absolute Gasteiger partial charge is 0.376 e. The summed E-state index contributed by atoms with van der Waals surface area (Å²) in [7, 11) is 0. The molecule has 5 nitrogen and oxygen atoms in total. The molecule has 3 N–H and O–H groups in total. The molecule has 0 saturated carbocycles. The Morgan fingerprint density at radius 3 is 2.05 bits per heavy atom. The van der Waals surface area contributed by atoms with Gasteiger partial charge in [0.25, 0.3) is 0 Å². The number of benzene rings is 1. The number of alkyl halides is 3. The molecule has 0 atom stereocenters. The lowest BCUT2D eigenvalue weighted by Gasteiger charge is -2.20. The molecule has 0 heterocycles. The minimum absolute atomic E-state index is 0.233. The molecule has 122 valence electrons. The highest BCUT2D eigenvalue weighted by Crippen LogP contribution is 2.29. The van der Waals surface area contributed by atoms with Gasteiger partial charge in [-0.25, -0.2) is 4.79 Å². The Bertz CT molecular complexity index is 534. The van der Waals surface area contributed by atoms with Crippen molar-refractivity contribution in [2.45, 2.75) is 32.5 Å². The molecule has 0 aliphatic carbocycles. The van der Waals surface area contributed by atoms with Crippen LogP contribution in [0.4, 0.5) is 23.7 Å². The predicted molar refractivity (Wildman–Crippen MR) is 76.4 cm³/mol. The third-order valence-corrected chi connectivity index (χ3v) is 2.41. The number of carbonyl (C=O) groups excluding carboxylic acids is 2. The van der Waals surface area contributed by atoms with Crippen LogP contribution in [0.2, 0.25) is 0 Å². The normalized spacial score (nSPS) is 11.7. The SMILES string of the molecule is CC(C)(C)NC(=O)NC(=O)CNc1ccc(C(F)(F)F)cc1. The van der Waals surface area contributed by atoms with Gasteiger partial charge >= 0.3 is 12.2 Å². The van der Waals surface area contributed by atoms with E-state index in [0.29, 0.717) is 5.69 Å². The number of carbonyl (C=O) groups is 2. The van der Waals surface area contributed by atoms with E-state index in [9.17, 15) is 22.8 Å². The lowest BCUT2D eigenvalue weighted by molar-refractivity contribution is -0.137. The molecule has 22 heavy (non-hydrogen) atoms. The fraction of sp³-hybridized carbons (Fsp3) is 0.429. The van der Waals surface area contributed by atoms with Gasteiger partial charge in [-0.2, -0.15) is 13.2 Å².